The summed E-state index contributed by atoms with van der Waals surface area (Å²) in [6.07, 6.45) is -2.32. The van der Waals surface area contributed by atoms with Gasteiger partial charge in [0.1, 0.15) is 5.75 Å². The van der Waals surface area contributed by atoms with Gasteiger partial charge in [-0.1, -0.05) is 18.2 Å². The molecule has 0 atom stereocenters. The fourth-order valence-corrected chi connectivity index (χ4v) is 1.24. The fraction of sp³-hybridized carbons (Fsp3) is 0.182. The van der Waals surface area contributed by atoms with E-state index in [1.54, 1.807) is 0 Å². The maximum atomic E-state index is 12.6. The number of alkyl halides is 3. The number of carbonyl (C=O) groups is 1. The second kappa shape index (κ2) is 4.90. The molecule has 0 bridgehead atoms. The molecule has 1 aromatic carbocycles. The van der Waals surface area contributed by atoms with Crippen LogP contribution in [0.2, 0.25) is 0 Å². The molecule has 1 amide bonds. The van der Waals surface area contributed by atoms with E-state index in [0.29, 0.717) is 6.07 Å². The van der Waals surface area contributed by atoms with Crippen molar-refractivity contribution in [1.29, 1.82) is 0 Å². The smallest absolute Gasteiger partial charge is 0.417 e. The number of hydrogen-bond acceptors (Lipinski definition) is 2. The third-order valence-corrected chi connectivity index (χ3v) is 1.96. The van der Waals surface area contributed by atoms with E-state index in [9.17, 15) is 18.0 Å². The van der Waals surface area contributed by atoms with E-state index in [1.807, 2.05) is 0 Å². The molecule has 0 heterocycles. The maximum absolute atomic E-state index is 12.6. The number of benzene rings is 1. The van der Waals surface area contributed by atoms with Crippen LogP contribution in [0.3, 0.4) is 0 Å². The molecule has 0 aromatic heterocycles. The lowest BCUT2D eigenvalue weighted by atomic mass is 10.1. The molecule has 3 nitrogen and oxygen atoms in total. The van der Waals surface area contributed by atoms with Crippen molar-refractivity contribution in [2.75, 3.05) is 0 Å². The van der Waals surface area contributed by atoms with Gasteiger partial charge >= 0.3 is 6.18 Å². The predicted molar refractivity (Wildman–Crippen MR) is 56.0 cm³/mol. The molecule has 1 rings (SSSR count). The van der Waals surface area contributed by atoms with Gasteiger partial charge in [-0.05, 0) is 17.7 Å². The lowest BCUT2D eigenvalue weighted by molar-refractivity contribution is -0.137. The van der Waals surface area contributed by atoms with E-state index in [4.69, 9.17) is 10.8 Å². The number of carbonyl (C=O) groups excluding carboxylic acids is 1. The SMILES string of the molecule is NC(=O)CC=Cc1ccc(O)cc1C(F)(F)F. The third kappa shape index (κ3) is 3.82. The van der Waals surface area contributed by atoms with E-state index < -0.39 is 23.4 Å². The van der Waals surface area contributed by atoms with Crippen LogP contribution in [0.1, 0.15) is 17.5 Å². The fourth-order valence-electron chi connectivity index (χ4n) is 1.24. The van der Waals surface area contributed by atoms with Gasteiger partial charge in [0.05, 0.1) is 5.56 Å². The number of rotatable bonds is 3. The maximum Gasteiger partial charge on any atom is 0.417 e. The summed E-state index contributed by atoms with van der Waals surface area (Å²) in [5, 5.41) is 9.02. The van der Waals surface area contributed by atoms with Crippen LogP contribution in [-0.2, 0) is 11.0 Å². The van der Waals surface area contributed by atoms with Crippen molar-refractivity contribution < 1.29 is 23.1 Å². The highest BCUT2D eigenvalue weighted by molar-refractivity contribution is 5.76. The lowest BCUT2D eigenvalue weighted by Crippen LogP contribution is -2.08. The van der Waals surface area contributed by atoms with Gasteiger partial charge in [0.15, 0.2) is 0 Å². The van der Waals surface area contributed by atoms with Gasteiger partial charge in [0.2, 0.25) is 5.91 Å². The van der Waals surface area contributed by atoms with E-state index >= 15 is 0 Å². The van der Waals surface area contributed by atoms with Crippen LogP contribution in [0.25, 0.3) is 6.08 Å². The molecule has 6 heteroatoms. The Morgan fingerprint density at radius 2 is 2.06 bits per heavy atom. The van der Waals surface area contributed by atoms with Gasteiger partial charge in [-0.15, -0.1) is 0 Å². The number of hydrogen-bond donors (Lipinski definition) is 2. The normalized spacial score (nSPS) is 11.9. The van der Waals surface area contributed by atoms with Crippen LogP contribution < -0.4 is 5.73 Å². The first-order valence-electron chi connectivity index (χ1n) is 4.66. The molecule has 17 heavy (non-hydrogen) atoms. The molecule has 0 unspecified atom stereocenters. The summed E-state index contributed by atoms with van der Waals surface area (Å²) in [6, 6.07) is 2.89. The minimum atomic E-state index is -4.56. The summed E-state index contributed by atoms with van der Waals surface area (Å²) in [5.74, 6) is -1.10. The largest absolute Gasteiger partial charge is 0.508 e. The van der Waals surface area contributed by atoms with Crippen molar-refractivity contribution in [1.82, 2.24) is 0 Å². The van der Waals surface area contributed by atoms with Gasteiger partial charge in [0.25, 0.3) is 0 Å². The molecule has 1 aromatic rings. The minimum Gasteiger partial charge on any atom is -0.508 e. The average Bonchev–Trinajstić information content (AvgIpc) is 2.18. The van der Waals surface area contributed by atoms with Crippen LogP contribution >= 0.6 is 0 Å². The number of aromatic hydroxyl groups is 1. The second-order valence-corrected chi connectivity index (χ2v) is 3.34. The quantitative estimate of drug-likeness (QED) is 0.858. The first kappa shape index (κ1) is 13.1. The third-order valence-electron chi connectivity index (χ3n) is 1.96. The van der Waals surface area contributed by atoms with Gasteiger partial charge in [-0.25, -0.2) is 0 Å². The minimum absolute atomic E-state index is 0.128. The first-order valence-corrected chi connectivity index (χ1v) is 4.66. The molecule has 0 aliphatic carbocycles. The molecule has 92 valence electrons. The topological polar surface area (TPSA) is 63.3 Å². The van der Waals surface area contributed by atoms with E-state index in [0.717, 1.165) is 18.2 Å². The zero-order valence-corrected chi connectivity index (χ0v) is 8.66. The molecular formula is C11H10F3NO2. The van der Waals surface area contributed by atoms with Crippen molar-refractivity contribution in [3.63, 3.8) is 0 Å². The first-order chi connectivity index (χ1) is 7.80. The Balaban J connectivity index is 3.07. The Hall–Kier alpha value is -1.98. The number of phenolic OH excluding ortho intramolecular Hbond substituents is 1. The Morgan fingerprint density at radius 3 is 2.59 bits per heavy atom. The number of nitrogens with two attached hydrogens (primary N) is 1. The molecule has 3 N–H and O–H groups in total. The monoisotopic (exact) mass is 245 g/mol. The summed E-state index contributed by atoms with van der Waals surface area (Å²) in [5.41, 5.74) is 3.76. The van der Waals surface area contributed by atoms with Crippen molar-refractivity contribution in [2.45, 2.75) is 12.6 Å². The van der Waals surface area contributed by atoms with Crippen molar-refractivity contribution in [3.8, 4) is 5.75 Å². The van der Waals surface area contributed by atoms with E-state index in [-0.39, 0.29) is 12.0 Å². The van der Waals surface area contributed by atoms with E-state index in [1.165, 1.54) is 6.08 Å². The Labute approximate surface area is 95.4 Å². The molecule has 0 aliphatic heterocycles. The summed E-state index contributed by atoms with van der Waals surface area (Å²) in [7, 11) is 0. The molecular weight excluding hydrogens is 235 g/mol. The lowest BCUT2D eigenvalue weighted by Gasteiger charge is -2.10. The van der Waals surface area contributed by atoms with Gasteiger partial charge in [0, 0.05) is 6.42 Å². The van der Waals surface area contributed by atoms with Crippen molar-refractivity contribution in [3.05, 3.63) is 35.4 Å². The van der Waals surface area contributed by atoms with Gasteiger partial charge in [-0.2, -0.15) is 13.2 Å². The standard InChI is InChI=1S/C11H10F3NO2/c12-11(13,14)9-6-8(16)5-4-7(9)2-1-3-10(15)17/h1-2,4-6,16H,3H2,(H2,15,17). The summed E-state index contributed by atoms with van der Waals surface area (Å²) < 4.78 is 37.7. The zero-order valence-electron chi connectivity index (χ0n) is 8.66. The van der Waals surface area contributed by atoms with Crippen LogP contribution in [0, 0.1) is 0 Å². The molecule has 0 radical (unpaired) electrons. The van der Waals surface area contributed by atoms with E-state index in [2.05, 4.69) is 0 Å². The molecule has 0 aliphatic rings. The number of primary amides is 1. The Kier molecular flexibility index (Phi) is 3.77. The zero-order chi connectivity index (χ0) is 13.1. The van der Waals surface area contributed by atoms with Gasteiger partial charge < -0.3 is 10.8 Å². The highest BCUT2D eigenvalue weighted by atomic mass is 19.4. The van der Waals surface area contributed by atoms with Crippen LogP contribution in [0.4, 0.5) is 13.2 Å². The van der Waals surface area contributed by atoms with Crippen LogP contribution in [0.15, 0.2) is 24.3 Å². The van der Waals surface area contributed by atoms with Crippen molar-refractivity contribution >= 4 is 12.0 Å². The summed E-state index contributed by atoms with van der Waals surface area (Å²) in [6.45, 7) is 0. The summed E-state index contributed by atoms with van der Waals surface area (Å²) in [4.78, 5) is 10.4. The summed E-state index contributed by atoms with van der Waals surface area (Å²) >= 11 is 0. The van der Waals surface area contributed by atoms with Crippen molar-refractivity contribution in [2.24, 2.45) is 5.73 Å². The Morgan fingerprint density at radius 1 is 1.41 bits per heavy atom. The molecule has 0 fully saturated rings. The van der Waals surface area contributed by atoms with Crippen LogP contribution in [0.5, 0.6) is 5.75 Å². The number of halogens is 3. The Bertz CT molecular complexity index is 453. The number of phenols is 1. The highest BCUT2D eigenvalue weighted by Crippen LogP contribution is 2.34. The number of amides is 1. The van der Waals surface area contributed by atoms with Gasteiger partial charge in [-0.3, -0.25) is 4.79 Å². The molecule has 0 saturated carbocycles. The predicted octanol–water partition coefficient (Wildman–Crippen LogP) is 2.30. The molecule has 0 spiro atoms. The average molecular weight is 245 g/mol. The van der Waals surface area contributed by atoms with Crippen LogP contribution in [-0.4, -0.2) is 11.0 Å². The second-order valence-electron chi connectivity index (χ2n) is 3.34. The highest BCUT2D eigenvalue weighted by Gasteiger charge is 2.33. The molecule has 0 saturated heterocycles.